The second kappa shape index (κ2) is 6.50. The minimum Gasteiger partial charge on any atom is -0.496 e. The molecule has 0 aromatic heterocycles. The SMILES string of the molecule is COc1ccccc1CNC1CC(c2ccc(Cl)cc2)C1. The summed E-state index contributed by atoms with van der Waals surface area (Å²) in [5, 5.41) is 4.42. The fourth-order valence-electron chi connectivity index (χ4n) is 2.89. The van der Waals surface area contributed by atoms with Gasteiger partial charge in [-0.15, -0.1) is 0 Å². The van der Waals surface area contributed by atoms with E-state index in [-0.39, 0.29) is 0 Å². The maximum atomic E-state index is 5.93. The molecule has 0 atom stereocenters. The Kier molecular flexibility index (Phi) is 4.47. The van der Waals surface area contributed by atoms with Crippen LogP contribution in [0.25, 0.3) is 0 Å². The van der Waals surface area contributed by atoms with Crippen LogP contribution in [0.2, 0.25) is 5.02 Å². The van der Waals surface area contributed by atoms with Crippen LogP contribution in [-0.2, 0) is 6.54 Å². The van der Waals surface area contributed by atoms with Gasteiger partial charge >= 0.3 is 0 Å². The zero-order chi connectivity index (χ0) is 14.7. The van der Waals surface area contributed by atoms with Gasteiger partial charge in [-0.05, 0) is 42.5 Å². The summed E-state index contributed by atoms with van der Waals surface area (Å²) in [6, 6.07) is 17.0. The lowest BCUT2D eigenvalue weighted by Gasteiger charge is -2.36. The van der Waals surface area contributed by atoms with E-state index in [0.29, 0.717) is 12.0 Å². The lowest BCUT2D eigenvalue weighted by atomic mass is 9.76. The number of nitrogens with one attached hydrogen (secondary N) is 1. The number of halogens is 1. The highest BCUT2D eigenvalue weighted by Gasteiger charge is 2.29. The summed E-state index contributed by atoms with van der Waals surface area (Å²) < 4.78 is 5.38. The molecule has 1 fully saturated rings. The van der Waals surface area contributed by atoms with Gasteiger partial charge in [0, 0.05) is 23.2 Å². The fraction of sp³-hybridized carbons (Fsp3) is 0.333. The molecule has 21 heavy (non-hydrogen) atoms. The standard InChI is InChI=1S/C18H20ClNO/c1-21-18-5-3-2-4-14(18)12-20-17-10-15(11-17)13-6-8-16(19)9-7-13/h2-9,15,17,20H,10-12H2,1H3. The van der Waals surface area contributed by atoms with E-state index >= 15 is 0 Å². The van der Waals surface area contributed by atoms with Crippen molar-refractivity contribution in [1.82, 2.24) is 5.32 Å². The smallest absolute Gasteiger partial charge is 0.123 e. The van der Waals surface area contributed by atoms with E-state index in [0.717, 1.165) is 17.3 Å². The van der Waals surface area contributed by atoms with Crippen molar-refractivity contribution in [2.45, 2.75) is 31.3 Å². The van der Waals surface area contributed by atoms with Crippen molar-refractivity contribution in [3.63, 3.8) is 0 Å². The molecular formula is C18H20ClNO. The van der Waals surface area contributed by atoms with Crippen molar-refractivity contribution >= 4 is 11.6 Å². The Morgan fingerprint density at radius 3 is 2.52 bits per heavy atom. The molecule has 0 spiro atoms. The normalized spacial score (nSPS) is 20.9. The largest absolute Gasteiger partial charge is 0.496 e. The summed E-state index contributed by atoms with van der Waals surface area (Å²) in [6.45, 7) is 0.863. The van der Waals surface area contributed by atoms with Gasteiger partial charge in [-0.2, -0.15) is 0 Å². The predicted molar refractivity (Wildman–Crippen MR) is 87.0 cm³/mol. The second-order valence-electron chi connectivity index (χ2n) is 5.61. The number of rotatable bonds is 5. The number of ether oxygens (including phenoxy) is 1. The number of para-hydroxylation sites is 1. The van der Waals surface area contributed by atoms with Crippen LogP contribution in [0.15, 0.2) is 48.5 Å². The number of hydrogen-bond acceptors (Lipinski definition) is 2. The Labute approximate surface area is 131 Å². The minimum absolute atomic E-state index is 0.593. The maximum absolute atomic E-state index is 5.93. The first kappa shape index (κ1) is 14.4. The van der Waals surface area contributed by atoms with Gasteiger partial charge in [0.25, 0.3) is 0 Å². The Hall–Kier alpha value is -1.51. The van der Waals surface area contributed by atoms with Gasteiger partial charge in [-0.3, -0.25) is 0 Å². The summed E-state index contributed by atoms with van der Waals surface area (Å²) in [4.78, 5) is 0. The van der Waals surface area contributed by atoms with Gasteiger partial charge in [-0.25, -0.2) is 0 Å². The first-order chi connectivity index (χ1) is 10.3. The molecule has 0 radical (unpaired) electrons. The van der Waals surface area contributed by atoms with Crippen LogP contribution in [-0.4, -0.2) is 13.2 Å². The van der Waals surface area contributed by atoms with E-state index < -0.39 is 0 Å². The minimum atomic E-state index is 0.593. The van der Waals surface area contributed by atoms with Gasteiger partial charge in [0.1, 0.15) is 5.75 Å². The van der Waals surface area contributed by atoms with Crippen molar-refractivity contribution in [3.8, 4) is 5.75 Å². The van der Waals surface area contributed by atoms with E-state index in [9.17, 15) is 0 Å². The van der Waals surface area contributed by atoms with Crippen LogP contribution >= 0.6 is 11.6 Å². The zero-order valence-electron chi connectivity index (χ0n) is 12.2. The van der Waals surface area contributed by atoms with E-state index in [2.05, 4.69) is 29.6 Å². The third kappa shape index (κ3) is 3.39. The molecule has 2 aromatic rings. The molecule has 0 aliphatic heterocycles. The molecule has 2 aromatic carbocycles. The highest BCUT2D eigenvalue weighted by molar-refractivity contribution is 6.30. The average molecular weight is 302 g/mol. The first-order valence-electron chi connectivity index (χ1n) is 7.37. The molecule has 3 heteroatoms. The summed E-state index contributed by atoms with van der Waals surface area (Å²) in [5.74, 6) is 1.62. The van der Waals surface area contributed by atoms with Gasteiger partial charge in [0.05, 0.1) is 7.11 Å². The molecule has 0 bridgehead atoms. The summed E-state index contributed by atoms with van der Waals surface area (Å²) in [7, 11) is 1.72. The predicted octanol–water partition coefficient (Wildman–Crippen LogP) is 4.38. The number of hydrogen-bond donors (Lipinski definition) is 1. The van der Waals surface area contributed by atoms with E-state index in [4.69, 9.17) is 16.3 Å². The molecule has 0 heterocycles. The van der Waals surface area contributed by atoms with Crippen molar-refractivity contribution in [2.24, 2.45) is 0 Å². The monoisotopic (exact) mass is 301 g/mol. The van der Waals surface area contributed by atoms with Crippen LogP contribution < -0.4 is 10.1 Å². The molecular weight excluding hydrogens is 282 g/mol. The molecule has 2 nitrogen and oxygen atoms in total. The third-order valence-corrected chi connectivity index (χ3v) is 4.51. The van der Waals surface area contributed by atoms with E-state index in [1.807, 2.05) is 24.3 Å². The lowest BCUT2D eigenvalue weighted by molar-refractivity contribution is 0.288. The quantitative estimate of drug-likeness (QED) is 0.884. The molecule has 3 rings (SSSR count). The Balaban J connectivity index is 1.50. The Morgan fingerprint density at radius 2 is 1.81 bits per heavy atom. The van der Waals surface area contributed by atoms with Gasteiger partial charge in [-0.1, -0.05) is 41.9 Å². The first-order valence-corrected chi connectivity index (χ1v) is 7.75. The second-order valence-corrected chi connectivity index (χ2v) is 6.05. The molecule has 0 saturated heterocycles. The highest BCUT2D eigenvalue weighted by atomic mass is 35.5. The molecule has 110 valence electrons. The molecule has 1 aliphatic carbocycles. The topological polar surface area (TPSA) is 21.3 Å². The summed E-state index contributed by atoms with van der Waals surface area (Å²) in [6.07, 6.45) is 2.38. The van der Waals surface area contributed by atoms with Crippen LogP contribution in [0.5, 0.6) is 5.75 Å². The van der Waals surface area contributed by atoms with E-state index in [1.165, 1.54) is 24.0 Å². The van der Waals surface area contributed by atoms with Crippen molar-refractivity contribution in [3.05, 3.63) is 64.7 Å². The number of methoxy groups -OCH3 is 1. The van der Waals surface area contributed by atoms with Crippen molar-refractivity contribution < 1.29 is 4.74 Å². The van der Waals surface area contributed by atoms with Crippen LogP contribution in [0, 0.1) is 0 Å². The average Bonchev–Trinajstić information content (AvgIpc) is 2.48. The Bertz CT molecular complexity index is 590. The Morgan fingerprint density at radius 1 is 1.10 bits per heavy atom. The van der Waals surface area contributed by atoms with Gasteiger partial charge in [0.15, 0.2) is 0 Å². The van der Waals surface area contributed by atoms with Crippen molar-refractivity contribution in [1.29, 1.82) is 0 Å². The molecule has 1 aliphatic rings. The van der Waals surface area contributed by atoms with Crippen molar-refractivity contribution in [2.75, 3.05) is 7.11 Å². The third-order valence-electron chi connectivity index (χ3n) is 4.25. The van der Waals surface area contributed by atoms with Crippen LogP contribution in [0.4, 0.5) is 0 Å². The molecule has 0 unspecified atom stereocenters. The fourth-order valence-corrected chi connectivity index (χ4v) is 3.02. The van der Waals surface area contributed by atoms with E-state index in [1.54, 1.807) is 7.11 Å². The van der Waals surface area contributed by atoms with Gasteiger partial charge < -0.3 is 10.1 Å². The van der Waals surface area contributed by atoms with Crippen LogP contribution in [0.1, 0.15) is 29.9 Å². The number of benzene rings is 2. The maximum Gasteiger partial charge on any atom is 0.123 e. The van der Waals surface area contributed by atoms with Crippen LogP contribution in [0.3, 0.4) is 0 Å². The van der Waals surface area contributed by atoms with Gasteiger partial charge in [0.2, 0.25) is 0 Å². The molecule has 1 N–H and O–H groups in total. The molecule has 1 saturated carbocycles. The summed E-state index contributed by atoms with van der Waals surface area (Å²) in [5.41, 5.74) is 2.62. The zero-order valence-corrected chi connectivity index (χ0v) is 12.9. The molecule has 0 amide bonds. The lowest BCUT2D eigenvalue weighted by Crippen LogP contribution is -2.39. The summed E-state index contributed by atoms with van der Waals surface area (Å²) >= 11 is 5.93. The highest BCUT2D eigenvalue weighted by Crippen LogP contribution is 2.37.